The molecule has 0 radical (unpaired) electrons. The lowest BCUT2D eigenvalue weighted by molar-refractivity contribution is -0.134. The molecule has 0 unspecified atom stereocenters. The maximum absolute atomic E-state index is 12.0. The van der Waals surface area contributed by atoms with Crippen LogP contribution >= 0.6 is 11.8 Å². The number of nitrogens with zero attached hydrogens (tertiary/aromatic N) is 1. The summed E-state index contributed by atoms with van der Waals surface area (Å²) in [6.07, 6.45) is 2.36. The van der Waals surface area contributed by atoms with Crippen LogP contribution in [0.3, 0.4) is 0 Å². The molecule has 1 aliphatic rings. The molecular formula is C15H19NO5S2. The first-order valence-corrected chi connectivity index (χ1v) is 10.1. The van der Waals surface area contributed by atoms with Crippen molar-refractivity contribution in [1.29, 1.82) is 0 Å². The van der Waals surface area contributed by atoms with E-state index in [0.717, 1.165) is 4.90 Å². The molecule has 1 aliphatic heterocycles. The fraction of sp³-hybridized carbons (Fsp3) is 0.467. The van der Waals surface area contributed by atoms with Crippen molar-refractivity contribution in [1.82, 2.24) is 4.90 Å². The first kappa shape index (κ1) is 17.8. The quantitative estimate of drug-likeness (QED) is 0.582. The standard InChI is InChI=1S/C15H19NO5S2/c1-16(12-7-8-23(19,20)10-12)14(17)9-21-15(18)11-3-5-13(22-2)6-4-11/h3-6,12H,7-10H2,1-2H3/t12-/m0/s1. The van der Waals surface area contributed by atoms with E-state index in [2.05, 4.69) is 0 Å². The Hall–Kier alpha value is -1.54. The predicted octanol–water partition coefficient (Wildman–Crippen LogP) is 1.21. The molecule has 0 aliphatic carbocycles. The van der Waals surface area contributed by atoms with Gasteiger partial charge in [0.2, 0.25) is 0 Å². The van der Waals surface area contributed by atoms with E-state index in [9.17, 15) is 18.0 Å². The lowest BCUT2D eigenvalue weighted by atomic mass is 10.2. The van der Waals surface area contributed by atoms with E-state index >= 15 is 0 Å². The van der Waals surface area contributed by atoms with Gasteiger partial charge in [-0.2, -0.15) is 0 Å². The second-order valence-electron chi connectivity index (χ2n) is 5.37. The number of esters is 1. The number of ether oxygens (including phenoxy) is 1. The monoisotopic (exact) mass is 357 g/mol. The molecule has 6 nitrogen and oxygen atoms in total. The van der Waals surface area contributed by atoms with Crippen LogP contribution in [0.5, 0.6) is 0 Å². The highest BCUT2D eigenvalue weighted by atomic mass is 32.2. The molecule has 1 aromatic carbocycles. The first-order valence-electron chi connectivity index (χ1n) is 7.09. The zero-order valence-electron chi connectivity index (χ0n) is 13.0. The van der Waals surface area contributed by atoms with Crippen molar-refractivity contribution in [2.24, 2.45) is 0 Å². The Morgan fingerprint density at radius 3 is 2.48 bits per heavy atom. The topological polar surface area (TPSA) is 80.8 Å². The van der Waals surface area contributed by atoms with Crippen LogP contribution in [0.1, 0.15) is 16.8 Å². The van der Waals surface area contributed by atoms with Crippen molar-refractivity contribution in [3.05, 3.63) is 29.8 Å². The molecule has 1 saturated heterocycles. The number of carbonyl (C=O) groups excluding carboxylic acids is 2. The molecule has 8 heteroatoms. The lowest BCUT2D eigenvalue weighted by Gasteiger charge is -2.23. The van der Waals surface area contributed by atoms with Gasteiger partial charge in [-0.3, -0.25) is 4.79 Å². The summed E-state index contributed by atoms with van der Waals surface area (Å²) in [5.74, 6) is -0.907. The summed E-state index contributed by atoms with van der Waals surface area (Å²) in [5, 5.41) is 0. The smallest absolute Gasteiger partial charge is 0.338 e. The van der Waals surface area contributed by atoms with Crippen LogP contribution in [-0.2, 0) is 19.4 Å². The Labute approximate surface area is 140 Å². The molecule has 126 valence electrons. The summed E-state index contributed by atoms with van der Waals surface area (Å²) >= 11 is 1.56. The Kier molecular flexibility index (Phi) is 5.69. The molecule has 0 bridgehead atoms. The van der Waals surface area contributed by atoms with Crippen LogP contribution in [0.25, 0.3) is 0 Å². The number of amides is 1. The molecule has 23 heavy (non-hydrogen) atoms. The van der Waals surface area contributed by atoms with Crippen molar-refractivity contribution in [3.8, 4) is 0 Å². The molecule has 1 heterocycles. The Balaban J connectivity index is 1.86. The average Bonchev–Trinajstić information content (AvgIpc) is 2.91. The largest absolute Gasteiger partial charge is 0.452 e. The molecule has 0 N–H and O–H groups in total. The van der Waals surface area contributed by atoms with Gasteiger partial charge in [-0.25, -0.2) is 13.2 Å². The third kappa shape index (κ3) is 4.71. The van der Waals surface area contributed by atoms with Crippen LogP contribution in [-0.4, -0.2) is 62.7 Å². The summed E-state index contributed by atoms with van der Waals surface area (Å²) in [5.41, 5.74) is 0.377. The van der Waals surface area contributed by atoms with Crippen molar-refractivity contribution in [3.63, 3.8) is 0 Å². The Morgan fingerprint density at radius 2 is 1.96 bits per heavy atom. The van der Waals surface area contributed by atoms with E-state index in [1.807, 2.05) is 6.26 Å². The fourth-order valence-corrected chi connectivity index (χ4v) is 4.51. The third-order valence-electron chi connectivity index (χ3n) is 3.80. The minimum Gasteiger partial charge on any atom is -0.452 e. The van der Waals surface area contributed by atoms with Gasteiger partial charge >= 0.3 is 5.97 Å². The highest BCUT2D eigenvalue weighted by Gasteiger charge is 2.32. The molecule has 0 spiro atoms. The maximum atomic E-state index is 12.0. The van der Waals surface area contributed by atoms with E-state index < -0.39 is 28.3 Å². The molecule has 2 rings (SSSR count). The van der Waals surface area contributed by atoms with Crippen LogP contribution < -0.4 is 0 Å². The van der Waals surface area contributed by atoms with Gasteiger partial charge < -0.3 is 9.64 Å². The Morgan fingerprint density at radius 1 is 1.30 bits per heavy atom. The fourth-order valence-electron chi connectivity index (χ4n) is 2.32. The van der Waals surface area contributed by atoms with E-state index in [4.69, 9.17) is 4.74 Å². The van der Waals surface area contributed by atoms with Crippen molar-refractivity contribution in [2.45, 2.75) is 17.4 Å². The summed E-state index contributed by atoms with van der Waals surface area (Å²) in [7, 11) is -1.52. The van der Waals surface area contributed by atoms with Gasteiger partial charge in [-0.05, 0) is 36.9 Å². The number of carbonyl (C=O) groups is 2. The van der Waals surface area contributed by atoms with E-state index in [1.54, 1.807) is 36.0 Å². The van der Waals surface area contributed by atoms with E-state index in [-0.39, 0.29) is 17.5 Å². The van der Waals surface area contributed by atoms with E-state index in [1.165, 1.54) is 11.9 Å². The maximum Gasteiger partial charge on any atom is 0.338 e. The second-order valence-corrected chi connectivity index (χ2v) is 8.47. The number of rotatable bonds is 5. The molecule has 1 fully saturated rings. The van der Waals surface area contributed by atoms with Gasteiger partial charge in [0.05, 0.1) is 17.1 Å². The number of hydrogen-bond donors (Lipinski definition) is 0. The molecule has 1 amide bonds. The molecule has 1 atom stereocenters. The number of thioether (sulfide) groups is 1. The first-order chi connectivity index (χ1) is 10.8. The van der Waals surface area contributed by atoms with Crippen LogP contribution in [0.4, 0.5) is 0 Å². The summed E-state index contributed by atoms with van der Waals surface area (Å²) in [6, 6.07) is 6.56. The minimum atomic E-state index is -3.06. The zero-order valence-corrected chi connectivity index (χ0v) is 14.7. The normalized spacial score (nSPS) is 19.3. The van der Waals surface area contributed by atoms with Gasteiger partial charge in [0.15, 0.2) is 16.4 Å². The third-order valence-corrected chi connectivity index (χ3v) is 6.30. The molecule has 0 saturated carbocycles. The predicted molar refractivity (Wildman–Crippen MR) is 88.3 cm³/mol. The van der Waals surface area contributed by atoms with Crippen LogP contribution in [0.15, 0.2) is 29.2 Å². The minimum absolute atomic E-state index is 0.0284. The summed E-state index contributed by atoms with van der Waals surface area (Å²) in [6.45, 7) is -0.393. The summed E-state index contributed by atoms with van der Waals surface area (Å²) < 4.78 is 27.9. The summed E-state index contributed by atoms with van der Waals surface area (Å²) in [4.78, 5) is 26.3. The van der Waals surface area contributed by atoms with Gasteiger partial charge in [-0.1, -0.05) is 0 Å². The average molecular weight is 357 g/mol. The SMILES string of the molecule is CSc1ccc(C(=O)OCC(=O)N(C)[C@H]2CCS(=O)(=O)C2)cc1. The number of hydrogen-bond acceptors (Lipinski definition) is 6. The number of sulfone groups is 1. The second kappa shape index (κ2) is 7.35. The van der Waals surface area contributed by atoms with Crippen molar-refractivity contribution in [2.75, 3.05) is 31.4 Å². The van der Waals surface area contributed by atoms with Crippen LogP contribution in [0.2, 0.25) is 0 Å². The molecular weight excluding hydrogens is 338 g/mol. The molecule has 0 aromatic heterocycles. The number of likely N-dealkylation sites (N-methyl/N-ethyl adjacent to an activating group) is 1. The van der Waals surface area contributed by atoms with Gasteiger partial charge in [0, 0.05) is 18.0 Å². The zero-order chi connectivity index (χ0) is 17.0. The van der Waals surface area contributed by atoms with Crippen LogP contribution in [0, 0.1) is 0 Å². The highest BCUT2D eigenvalue weighted by molar-refractivity contribution is 7.98. The van der Waals surface area contributed by atoms with Crippen molar-refractivity contribution >= 4 is 33.5 Å². The van der Waals surface area contributed by atoms with Gasteiger partial charge in [-0.15, -0.1) is 11.8 Å². The van der Waals surface area contributed by atoms with Crippen molar-refractivity contribution < 1.29 is 22.7 Å². The Bertz CT molecular complexity index is 684. The molecule has 1 aromatic rings. The number of benzene rings is 1. The van der Waals surface area contributed by atoms with Gasteiger partial charge in [0.1, 0.15) is 0 Å². The highest BCUT2D eigenvalue weighted by Crippen LogP contribution is 2.17. The lowest BCUT2D eigenvalue weighted by Crippen LogP contribution is -2.40. The van der Waals surface area contributed by atoms with Gasteiger partial charge in [0.25, 0.3) is 5.91 Å². The van der Waals surface area contributed by atoms with E-state index in [0.29, 0.717) is 12.0 Å².